The van der Waals surface area contributed by atoms with E-state index in [1.54, 1.807) is 14.0 Å². The molecule has 0 aliphatic rings. The second-order valence-corrected chi connectivity index (χ2v) is 7.00. The second kappa shape index (κ2) is 7.28. The lowest BCUT2D eigenvalue weighted by atomic mass is 10.2. The quantitative estimate of drug-likeness (QED) is 0.528. The van der Waals surface area contributed by atoms with E-state index < -0.39 is 0 Å². The van der Waals surface area contributed by atoms with Gasteiger partial charge in [0.1, 0.15) is 16.4 Å². The molecule has 0 spiro atoms. The van der Waals surface area contributed by atoms with Crippen molar-refractivity contribution in [3.63, 3.8) is 0 Å². The molecule has 0 fully saturated rings. The Bertz CT molecular complexity index is 1140. The highest BCUT2D eigenvalue weighted by molar-refractivity contribution is 7.17. The molecule has 8 nitrogen and oxygen atoms in total. The Hall–Kier alpha value is -3.46. The van der Waals surface area contributed by atoms with Gasteiger partial charge in [0.15, 0.2) is 16.6 Å². The predicted octanol–water partition coefficient (Wildman–Crippen LogP) is 4.07. The fourth-order valence-corrected chi connectivity index (χ4v) is 3.62. The van der Waals surface area contributed by atoms with Crippen LogP contribution in [0.5, 0.6) is 5.75 Å². The number of furan rings is 1. The number of nitrogens with one attached hydrogen (secondary N) is 2. The molecule has 0 saturated heterocycles. The van der Waals surface area contributed by atoms with Gasteiger partial charge in [0.25, 0.3) is 5.91 Å². The lowest BCUT2D eigenvalue weighted by Crippen LogP contribution is -2.12. The summed E-state index contributed by atoms with van der Waals surface area (Å²) in [7, 11) is 1.59. The van der Waals surface area contributed by atoms with Gasteiger partial charge in [0, 0.05) is 0 Å². The Kier molecular flexibility index (Phi) is 4.66. The molecule has 2 N–H and O–H groups in total. The number of methoxy groups -OCH3 is 1. The summed E-state index contributed by atoms with van der Waals surface area (Å²) in [6.07, 6.45) is 0. The Morgan fingerprint density at radius 1 is 1.18 bits per heavy atom. The van der Waals surface area contributed by atoms with Gasteiger partial charge < -0.3 is 9.15 Å². The van der Waals surface area contributed by atoms with E-state index in [2.05, 4.69) is 25.5 Å². The van der Waals surface area contributed by atoms with Crippen LogP contribution in [0.3, 0.4) is 0 Å². The molecular weight excluding hydrogens is 378 g/mol. The minimum Gasteiger partial charge on any atom is -0.496 e. The second-order valence-electron chi connectivity index (χ2n) is 6.01. The highest BCUT2D eigenvalue weighted by Crippen LogP contribution is 2.30. The molecule has 28 heavy (non-hydrogen) atoms. The third-order valence-corrected chi connectivity index (χ3v) is 5.20. The highest BCUT2D eigenvalue weighted by atomic mass is 32.1. The van der Waals surface area contributed by atoms with Crippen LogP contribution >= 0.6 is 11.3 Å². The number of rotatable bonds is 5. The summed E-state index contributed by atoms with van der Waals surface area (Å²) in [6.45, 7) is 3.64. The van der Waals surface area contributed by atoms with E-state index in [0.29, 0.717) is 32.9 Å². The van der Waals surface area contributed by atoms with Gasteiger partial charge in [0.2, 0.25) is 5.95 Å². The number of H-pyrrole nitrogens is 1. The third kappa shape index (κ3) is 3.39. The molecule has 1 aromatic carbocycles. The summed E-state index contributed by atoms with van der Waals surface area (Å²) < 4.78 is 10.9. The predicted molar refractivity (Wildman–Crippen MR) is 106 cm³/mol. The van der Waals surface area contributed by atoms with Crippen LogP contribution in [0.2, 0.25) is 0 Å². The number of hydrogen-bond donors (Lipinski definition) is 2. The molecule has 0 aliphatic carbocycles. The van der Waals surface area contributed by atoms with Crippen LogP contribution in [0, 0.1) is 13.8 Å². The summed E-state index contributed by atoms with van der Waals surface area (Å²) in [5.41, 5.74) is 1.37. The number of aromatic nitrogens is 4. The molecule has 0 atom stereocenters. The maximum atomic E-state index is 12.7. The van der Waals surface area contributed by atoms with E-state index in [1.165, 1.54) is 11.3 Å². The Labute approximate surface area is 164 Å². The zero-order valence-corrected chi connectivity index (χ0v) is 16.3. The molecule has 3 aromatic heterocycles. The van der Waals surface area contributed by atoms with Crippen LogP contribution in [0.15, 0.2) is 40.8 Å². The maximum absolute atomic E-state index is 12.7. The standard InChI is InChI=1S/C19H17N5O3S/c1-10-8-9-14(27-10)18-20-11(2)15(28-18)17(25)22-19-21-16(23-24-19)12-6-4-5-7-13(12)26-3/h4-9H,1-3H3,(H2,21,22,23,24,25). The first-order chi connectivity index (χ1) is 13.5. The van der Waals surface area contributed by atoms with Crippen molar-refractivity contribution in [2.45, 2.75) is 13.8 Å². The summed E-state index contributed by atoms with van der Waals surface area (Å²) in [5.74, 6) is 2.44. The van der Waals surface area contributed by atoms with E-state index in [9.17, 15) is 4.79 Å². The van der Waals surface area contributed by atoms with Gasteiger partial charge in [-0.1, -0.05) is 12.1 Å². The molecule has 142 valence electrons. The van der Waals surface area contributed by atoms with Crippen LogP contribution < -0.4 is 10.1 Å². The normalized spacial score (nSPS) is 10.8. The average Bonchev–Trinajstić information content (AvgIpc) is 3.41. The number of nitrogens with zero attached hydrogens (tertiary/aromatic N) is 3. The van der Waals surface area contributed by atoms with Gasteiger partial charge in [-0.2, -0.15) is 4.98 Å². The SMILES string of the molecule is COc1ccccc1-c1nc(NC(=O)c2sc(-c3ccc(C)o3)nc2C)n[nH]1. The Morgan fingerprint density at radius 2 is 2.00 bits per heavy atom. The molecule has 4 rings (SSSR count). The number of benzene rings is 1. The van der Waals surface area contributed by atoms with Gasteiger partial charge in [0.05, 0.1) is 18.4 Å². The van der Waals surface area contributed by atoms with Crippen LogP contribution in [0.1, 0.15) is 21.1 Å². The molecule has 0 radical (unpaired) electrons. The number of thiazole rings is 1. The zero-order valence-electron chi connectivity index (χ0n) is 15.4. The Balaban J connectivity index is 1.55. The van der Waals surface area contributed by atoms with Gasteiger partial charge in [-0.15, -0.1) is 16.4 Å². The van der Waals surface area contributed by atoms with Crippen molar-refractivity contribution >= 4 is 23.2 Å². The van der Waals surface area contributed by atoms with Crippen LogP contribution in [-0.2, 0) is 0 Å². The fourth-order valence-electron chi connectivity index (χ4n) is 2.70. The maximum Gasteiger partial charge on any atom is 0.270 e. The monoisotopic (exact) mass is 395 g/mol. The molecular formula is C19H17N5O3S. The highest BCUT2D eigenvalue weighted by Gasteiger charge is 2.20. The van der Waals surface area contributed by atoms with Crippen LogP contribution in [0.4, 0.5) is 5.95 Å². The van der Waals surface area contributed by atoms with Crippen LogP contribution in [-0.4, -0.2) is 33.2 Å². The van der Waals surface area contributed by atoms with E-state index in [0.717, 1.165) is 11.3 Å². The number of carbonyl (C=O) groups is 1. The van der Waals surface area contributed by atoms with Crippen molar-refractivity contribution < 1.29 is 13.9 Å². The number of amides is 1. The molecule has 0 aliphatic heterocycles. The molecule has 4 aromatic rings. The number of para-hydroxylation sites is 1. The van der Waals surface area contributed by atoms with Crippen molar-refractivity contribution in [2.24, 2.45) is 0 Å². The third-order valence-electron chi connectivity index (χ3n) is 4.03. The molecule has 9 heteroatoms. The van der Waals surface area contributed by atoms with Crippen LogP contribution in [0.25, 0.3) is 22.2 Å². The van der Waals surface area contributed by atoms with Crippen molar-refractivity contribution in [3.05, 3.63) is 52.7 Å². The lowest BCUT2D eigenvalue weighted by Gasteiger charge is -2.04. The molecule has 1 amide bonds. The first-order valence-electron chi connectivity index (χ1n) is 8.46. The summed E-state index contributed by atoms with van der Waals surface area (Å²) in [6, 6.07) is 11.1. The molecule has 0 bridgehead atoms. The Morgan fingerprint density at radius 3 is 2.75 bits per heavy atom. The van der Waals surface area contributed by atoms with Crippen molar-refractivity contribution in [2.75, 3.05) is 12.4 Å². The van der Waals surface area contributed by atoms with E-state index in [-0.39, 0.29) is 11.9 Å². The number of aryl methyl sites for hydroxylation is 2. The summed E-state index contributed by atoms with van der Waals surface area (Å²) >= 11 is 1.26. The minimum absolute atomic E-state index is 0.175. The molecule has 0 saturated carbocycles. The molecule has 0 unspecified atom stereocenters. The first kappa shape index (κ1) is 17.9. The number of carbonyl (C=O) groups excluding carboxylic acids is 1. The van der Waals surface area contributed by atoms with E-state index >= 15 is 0 Å². The summed E-state index contributed by atoms with van der Waals surface area (Å²) in [4.78, 5) is 21.9. The minimum atomic E-state index is -0.324. The smallest absolute Gasteiger partial charge is 0.270 e. The zero-order chi connectivity index (χ0) is 19.7. The fraction of sp³-hybridized carbons (Fsp3) is 0.158. The van der Waals surface area contributed by atoms with Gasteiger partial charge in [-0.05, 0) is 38.1 Å². The van der Waals surface area contributed by atoms with Crippen molar-refractivity contribution in [1.82, 2.24) is 20.2 Å². The van der Waals surface area contributed by atoms with Gasteiger partial charge in [-0.3, -0.25) is 15.2 Å². The lowest BCUT2D eigenvalue weighted by molar-refractivity contribution is 0.102. The van der Waals surface area contributed by atoms with Crippen molar-refractivity contribution in [3.8, 4) is 27.9 Å². The number of hydrogen-bond acceptors (Lipinski definition) is 7. The van der Waals surface area contributed by atoms with E-state index in [1.807, 2.05) is 43.3 Å². The topological polar surface area (TPSA) is 106 Å². The van der Waals surface area contributed by atoms with Gasteiger partial charge in [-0.25, -0.2) is 4.98 Å². The number of aromatic amines is 1. The first-order valence-corrected chi connectivity index (χ1v) is 9.28. The molecule has 3 heterocycles. The largest absolute Gasteiger partial charge is 0.496 e. The summed E-state index contributed by atoms with van der Waals surface area (Å²) in [5, 5.41) is 10.2. The van der Waals surface area contributed by atoms with E-state index in [4.69, 9.17) is 9.15 Å². The number of ether oxygens (including phenoxy) is 1. The average molecular weight is 395 g/mol. The van der Waals surface area contributed by atoms with Gasteiger partial charge >= 0.3 is 0 Å². The number of anilines is 1. The van der Waals surface area contributed by atoms with Crippen molar-refractivity contribution in [1.29, 1.82) is 0 Å².